The molecule has 0 unspecified atom stereocenters. The van der Waals surface area contributed by atoms with Crippen molar-refractivity contribution >= 4 is 17.4 Å². The van der Waals surface area contributed by atoms with Crippen LogP contribution >= 0.6 is 0 Å². The van der Waals surface area contributed by atoms with E-state index in [-0.39, 0.29) is 5.91 Å². The number of hydrogen-bond donors (Lipinski definition) is 1. The number of nitrogens with one attached hydrogen (secondary N) is 1. The molecule has 0 radical (unpaired) electrons. The lowest BCUT2D eigenvalue weighted by molar-refractivity contribution is 0.102. The zero-order valence-electron chi connectivity index (χ0n) is 16.0. The number of carbonyl (C=O) groups is 1. The van der Waals surface area contributed by atoms with Crippen molar-refractivity contribution in [2.24, 2.45) is 5.92 Å². The number of aromatic nitrogens is 4. The van der Waals surface area contributed by atoms with Crippen LogP contribution in [0.2, 0.25) is 0 Å². The predicted molar refractivity (Wildman–Crippen MR) is 109 cm³/mol. The molecule has 0 spiro atoms. The number of imidazole rings is 1. The number of carbonyl (C=O) groups excluding carboxylic acids is 1. The smallest absolute Gasteiger partial charge is 0.274 e. The molecule has 1 aliphatic rings. The molecule has 1 amide bonds. The van der Waals surface area contributed by atoms with E-state index in [0.29, 0.717) is 11.4 Å². The van der Waals surface area contributed by atoms with E-state index in [2.05, 4.69) is 32.1 Å². The molecule has 28 heavy (non-hydrogen) atoms. The zero-order valence-corrected chi connectivity index (χ0v) is 16.0. The van der Waals surface area contributed by atoms with Crippen molar-refractivity contribution in [3.05, 3.63) is 61.1 Å². The minimum absolute atomic E-state index is 0.241. The van der Waals surface area contributed by atoms with Crippen molar-refractivity contribution in [2.75, 3.05) is 23.3 Å². The Balaban J connectivity index is 1.50. The Labute approximate surface area is 164 Å². The molecule has 1 aromatic carbocycles. The van der Waals surface area contributed by atoms with Gasteiger partial charge in [-0.1, -0.05) is 13.0 Å². The summed E-state index contributed by atoms with van der Waals surface area (Å²) in [6, 6.07) is 9.40. The lowest BCUT2D eigenvalue weighted by atomic mass is 10.2. The highest BCUT2D eigenvalue weighted by atomic mass is 16.1. The summed E-state index contributed by atoms with van der Waals surface area (Å²) in [5.74, 6) is 1.33. The summed E-state index contributed by atoms with van der Waals surface area (Å²) in [5.41, 5.74) is 2.01. The quantitative estimate of drug-likeness (QED) is 0.651. The minimum atomic E-state index is -0.241. The van der Waals surface area contributed by atoms with Gasteiger partial charge >= 0.3 is 0 Å². The molecule has 2 aromatic heterocycles. The molecule has 0 atom stereocenters. The maximum Gasteiger partial charge on any atom is 0.274 e. The largest absolute Gasteiger partial charge is 0.356 e. The van der Waals surface area contributed by atoms with Crippen molar-refractivity contribution in [2.45, 2.75) is 26.2 Å². The Hall–Kier alpha value is -3.22. The topological polar surface area (TPSA) is 75.9 Å². The molecule has 7 heteroatoms. The fourth-order valence-corrected chi connectivity index (χ4v) is 3.18. The van der Waals surface area contributed by atoms with Gasteiger partial charge in [-0.3, -0.25) is 4.79 Å². The molecule has 1 N–H and O–H groups in total. The molecule has 7 nitrogen and oxygen atoms in total. The van der Waals surface area contributed by atoms with Crippen LogP contribution < -0.4 is 10.2 Å². The van der Waals surface area contributed by atoms with E-state index >= 15 is 0 Å². The average molecular weight is 376 g/mol. The van der Waals surface area contributed by atoms with Gasteiger partial charge in [0.1, 0.15) is 17.8 Å². The Morgan fingerprint density at radius 2 is 2.18 bits per heavy atom. The molecule has 144 valence electrons. The zero-order chi connectivity index (χ0) is 19.3. The molecule has 1 fully saturated rings. The average Bonchev–Trinajstić information content (AvgIpc) is 3.37. The maximum absolute atomic E-state index is 12.7. The van der Waals surface area contributed by atoms with Crippen LogP contribution in [0.1, 0.15) is 36.7 Å². The highest BCUT2D eigenvalue weighted by Gasteiger charge is 2.25. The van der Waals surface area contributed by atoms with Crippen LogP contribution in [0.3, 0.4) is 0 Å². The molecule has 0 aliphatic heterocycles. The van der Waals surface area contributed by atoms with Gasteiger partial charge in [-0.05, 0) is 43.4 Å². The highest BCUT2D eigenvalue weighted by molar-refractivity contribution is 6.03. The lowest BCUT2D eigenvalue weighted by Gasteiger charge is -2.23. The molecule has 1 saturated carbocycles. The number of benzene rings is 1. The van der Waals surface area contributed by atoms with E-state index < -0.39 is 0 Å². The second-order valence-electron chi connectivity index (χ2n) is 7.13. The first-order valence-corrected chi connectivity index (χ1v) is 9.69. The van der Waals surface area contributed by atoms with Crippen LogP contribution in [0, 0.1) is 5.92 Å². The fourth-order valence-electron chi connectivity index (χ4n) is 3.18. The Morgan fingerprint density at radius 1 is 1.29 bits per heavy atom. The van der Waals surface area contributed by atoms with E-state index in [1.165, 1.54) is 19.2 Å². The van der Waals surface area contributed by atoms with Gasteiger partial charge < -0.3 is 14.8 Å². The summed E-state index contributed by atoms with van der Waals surface area (Å²) in [5, 5.41) is 2.93. The molecule has 0 bridgehead atoms. The lowest BCUT2D eigenvalue weighted by Crippen LogP contribution is -2.28. The molecular formula is C21H24N6O. The predicted octanol–water partition coefficient (Wildman–Crippen LogP) is 3.54. The van der Waals surface area contributed by atoms with Gasteiger partial charge in [-0.25, -0.2) is 15.0 Å². The number of amides is 1. The summed E-state index contributed by atoms with van der Waals surface area (Å²) in [7, 11) is 0. The number of nitrogens with zero attached hydrogens (tertiary/aromatic N) is 5. The Morgan fingerprint density at radius 3 is 2.93 bits per heavy atom. The normalized spacial score (nSPS) is 13.3. The van der Waals surface area contributed by atoms with Crippen molar-refractivity contribution in [3.8, 4) is 5.69 Å². The van der Waals surface area contributed by atoms with E-state index in [0.717, 1.165) is 36.9 Å². The minimum Gasteiger partial charge on any atom is -0.356 e. The number of anilines is 2. The molecule has 3 aromatic rings. The van der Waals surface area contributed by atoms with E-state index in [4.69, 9.17) is 0 Å². The third-order valence-corrected chi connectivity index (χ3v) is 4.78. The first-order chi connectivity index (χ1) is 13.7. The third-order valence-electron chi connectivity index (χ3n) is 4.78. The van der Waals surface area contributed by atoms with Gasteiger partial charge in [-0.15, -0.1) is 0 Å². The monoisotopic (exact) mass is 376 g/mol. The van der Waals surface area contributed by atoms with Gasteiger partial charge in [0.15, 0.2) is 0 Å². The summed E-state index contributed by atoms with van der Waals surface area (Å²) in [6.07, 6.45) is 10.4. The highest BCUT2D eigenvalue weighted by Crippen LogP contribution is 2.31. The van der Waals surface area contributed by atoms with Gasteiger partial charge in [0, 0.05) is 42.9 Å². The van der Waals surface area contributed by atoms with Gasteiger partial charge in [0.05, 0.1) is 6.33 Å². The molecule has 1 aliphatic carbocycles. The summed E-state index contributed by atoms with van der Waals surface area (Å²) < 4.78 is 1.89. The summed E-state index contributed by atoms with van der Waals surface area (Å²) >= 11 is 0. The van der Waals surface area contributed by atoms with E-state index in [9.17, 15) is 4.79 Å². The van der Waals surface area contributed by atoms with Crippen molar-refractivity contribution < 1.29 is 4.79 Å². The van der Waals surface area contributed by atoms with E-state index in [1.54, 1.807) is 18.6 Å². The second-order valence-corrected chi connectivity index (χ2v) is 7.13. The number of rotatable bonds is 8. The molecule has 4 rings (SSSR count). The van der Waals surface area contributed by atoms with Crippen LogP contribution in [-0.2, 0) is 0 Å². The number of hydrogen-bond acceptors (Lipinski definition) is 5. The van der Waals surface area contributed by atoms with Crippen molar-refractivity contribution in [3.63, 3.8) is 0 Å². The third kappa shape index (κ3) is 4.36. The molecule has 2 heterocycles. The van der Waals surface area contributed by atoms with Crippen molar-refractivity contribution in [1.82, 2.24) is 19.5 Å². The van der Waals surface area contributed by atoms with Crippen LogP contribution in [0.15, 0.2) is 55.4 Å². The van der Waals surface area contributed by atoms with E-state index in [1.807, 2.05) is 35.0 Å². The first-order valence-electron chi connectivity index (χ1n) is 9.69. The van der Waals surface area contributed by atoms with Gasteiger partial charge in [0.2, 0.25) is 0 Å². The van der Waals surface area contributed by atoms with Crippen LogP contribution in [0.4, 0.5) is 11.5 Å². The van der Waals surface area contributed by atoms with Crippen LogP contribution in [0.5, 0.6) is 0 Å². The molecular weight excluding hydrogens is 352 g/mol. The Bertz CT molecular complexity index is 936. The fraction of sp³-hybridized carbons (Fsp3) is 0.333. The summed E-state index contributed by atoms with van der Waals surface area (Å²) in [4.78, 5) is 27.6. The first kappa shape index (κ1) is 18.2. The van der Waals surface area contributed by atoms with Gasteiger partial charge in [0.25, 0.3) is 5.91 Å². The summed E-state index contributed by atoms with van der Waals surface area (Å²) in [6.45, 7) is 4.09. The van der Waals surface area contributed by atoms with Gasteiger partial charge in [-0.2, -0.15) is 0 Å². The Kier molecular flexibility index (Phi) is 5.32. The SMILES string of the molecule is CCCN(CC1CC1)c1cc(C(=O)Nc2cccc(-n3ccnc3)c2)ncn1. The van der Waals surface area contributed by atoms with Crippen LogP contribution in [-0.4, -0.2) is 38.5 Å². The van der Waals surface area contributed by atoms with Crippen molar-refractivity contribution in [1.29, 1.82) is 0 Å². The van der Waals surface area contributed by atoms with Crippen LogP contribution in [0.25, 0.3) is 5.69 Å². The second kappa shape index (κ2) is 8.21. The standard InChI is InChI=1S/C21H24N6O/c1-2-9-26(13-16-6-7-16)20-12-19(23-14-24-20)21(28)25-17-4-3-5-18(11-17)27-10-8-22-15-27/h3-5,8,10-12,14-16H,2,6-7,9,13H2,1H3,(H,25,28). The maximum atomic E-state index is 12.7. The molecule has 0 saturated heterocycles.